The summed E-state index contributed by atoms with van der Waals surface area (Å²) in [5.74, 6) is 1.44. The highest BCUT2D eigenvalue weighted by Gasteiger charge is 2.35. The fraction of sp³-hybridized carbons (Fsp3) is 0.727. The van der Waals surface area contributed by atoms with Crippen molar-refractivity contribution in [3.05, 3.63) is 29.1 Å². The van der Waals surface area contributed by atoms with Crippen LogP contribution in [0, 0.1) is 23.6 Å². The predicted octanol–water partition coefficient (Wildman–Crippen LogP) is 6.84. The average Bonchev–Trinajstić information content (AvgIpc) is 2.69. The molecule has 1 heterocycles. The molecule has 1 atom stereocenters. The third kappa shape index (κ3) is 3.61. The van der Waals surface area contributed by atoms with Gasteiger partial charge >= 0.3 is 0 Å². The van der Waals surface area contributed by atoms with Crippen LogP contribution in [-0.2, 0) is 6.42 Å². The molecule has 26 heavy (non-hydrogen) atoms. The molecule has 0 saturated heterocycles. The van der Waals surface area contributed by atoms with Gasteiger partial charge in [-0.2, -0.15) is 0 Å². The van der Waals surface area contributed by atoms with Crippen molar-refractivity contribution in [2.24, 2.45) is 17.8 Å². The maximum Gasteiger partial charge on any atom is 0.266 e. The van der Waals surface area contributed by atoms with E-state index in [0.717, 1.165) is 43.1 Å². The van der Waals surface area contributed by atoms with Crippen molar-refractivity contribution in [2.75, 3.05) is 0 Å². The number of hydrogen-bond donors (Lipinski definition) is 0. The van der Waals surface area contributed by atoms with Crippen molar-refractivity contribution in [3.8, 4) is 5.75 Å². The summed E-state index contributed by atoms with van der Waals surface area (Å²) in [4.78, 5) is 0. The second-order valence-electron chi connectivity index (χ2n) is 8.53. The molecule has 1 unspecified atom stereocenters. The van der Waals surface area contributed by atoms with Gasteiger partial charge in [0.25, 0.3) is 6.43 Å². The number of ether oxygens (including phenoxy) is 1. The molecule has 4 rings (SSSR count). The van der Waals surface area contributed by atoms with Gasteiger partial charge in [0, 0.05) is 0 Å². The molecule has 3 aliphatic rings. The highest BCUT2D eigenvalue weighted by atomic mass is 19.3. The number of aryl methyl sites for hydroxylation is 1. The maximum atomic E-state index is 14.4. The van der Waals surface area contributed by atoms with Gasteiger partial charge in [-0.25, -0.2) is 13.2 Å². The molecule has 2 saturated carbocycles. The fourth-order valence-corrected chi connectivity index (χ4v) is 5.54. The second kappa shape index (κ2) is 7.82. The summed E-state index contributed by atoms with van der Waals surface area (Å²) in [6.07, 6.45) is 10.5. The smallest absolute Gasteiger partial charge is 0.266 e. The summed E-state index contributed by atoms with van der Waals surface area (Å²) in [6, 6.07) is 2.81. The van der Waals surface area contributed by atoms with Crippen molar-refractivity contribution in [2.45, 2.75) is 83.2 Å². The zero-order valence-corrected chi connectivity index (χ0v) is 15.4. The monoisotopic (exact) mass is 366 g/mol. The van der Waals surface area contributed by atoms with E-state index in [1.54, 1.807) is 6.07 Å². The quantitative estimate of drug-likeness (QED) is 0.569. The number of benzene rings is 1. The Morgan fingerprint density at radius 2 is 1.46 bits per heavy atom. The van der Waals surface area contributed by atoms with Crippen LogP contribution in [-0.4, -0.2) is 6.10 Å². The molecule has 2 aliphatic carbocycles. The third-order valence-corrected chi connectivity index (χ3v) is 7.07. The van der Waals surface area contributed by atoms with Crippen molar-refractivity contribution in [1.29, 1.82) is 0 Å². The van der Waals surface area contributed by atoms with E-state index in [0.29, 0.717) is 5.92 Å². The van der Waals surface area contributed by atoms with E-state index in [2.05, 4.69) is 0 Å². The number of fused-ring (bicyclic) bond motifs is 1. The van der Waals surface area contributed by atoms with Crippen molar-refractivity contribution >= 4 is 0 Å². The van der Waals surface area contributed by atoms with Gasteiger partial charge < -0.3 is 4.74 Å². The molecular weight excluding hydrogens is 337 g/mol. The third-order valence-electron chi connectivity index (χ3n) is 7.07. The Morgan fingerprint density at radius 1 is 0.808 bits per heavy atom. The summed E-state index contributed by atoms with van der Waals surface area (Å²) < 4.78 is 46.4. The molecule has 0 spiro atoms. The van der Waals surface area contributed by atoms with Gasteiger partial charge in [0.15, 0.2) is 11.6 Å². The highest BCUT2D eigenvalue weighted by molar-refractivity contribution is 5.41. The zero-order chi connectivity index (χ0) is 18.1. The number of hydrogen-bond acceptors (Lipinski definition) is 1. The second-order valence-corrected chi connectivity index (χ2v) is 8.53. The van der Waals surface area contributed by atoms with Gasteiger partial charge in [0.05, 0.1) is 5.56 Å². The first-order valence-electron chi connectivity index (χ1n) is 10.4. The molecule has 144 valence electrons. The molecule has 4 heteroatoms. The van der Waals surface area contributed by atoms with Gasteiger partial charge in [0.2, 0.25) is 0 Å². The molecule has 2 fully saturated rings. The van der Waals surface area contributed by atoms with E-state index in [1.807, 2.05) is 0 Å². The average molecular weight is 366 g/mol. The number of rotatable bonds is 3. The molecule has 1 aromatic carbocycles. The molecule has 1 aromatic rings. The Hall–Kier alpha value is -1.19. The normalized spacial score (nSPS) is 30.1. The summed E-state index contributed by atoms with van der Waals surface area (Å²) >= 11 is 0. The van der Waals surface area contributed by atoms with Gasteiger partial charge in [-0.05, 0) is 67.9 Å². The Bertz CT molecular complexity index is 616. The standard InChI is InChI=1S/C22H29F3O/c23-20-18(22(24)25)12-10-17-11-13-19(26-21(17)20)16-8-6-15(7-9-16)14-4-2-1-3-5-14/h10,12,14-16,19,22H,1-9,11,13H2. The van der Waals surface area contributed by atoms with Crippen LogP contribution in [0.3, 0.4) is 0 Å². The minimum atomic E-state index is -2.80. The first kappa shape index (κ1) is 18.2. The molecule has 0 radical (unpaired) electrons. The van der Waals surface area contributed by atoms with Crippen molar-refractivity contribution in [3.63, 3.8) is 0 Å². The van der Waals surface area contributed by atoms with E-state index < -0.39 is 17.8 Å². The van der Waals surface area contributed by atoms with Crippen LogP contribution >= 0.6 is 0 Å². The maximum absolute atomic E-state index is 14.4. The van der Waals surface area contributed by atoms with E-state index in [-0.39, 0.29) is 11.9 Å². The van der Waals surface area contributed by atoms with E-state index in [4.69, 9.17) is 4.74 Å². The highest BCUT2D eigenvalue weighted by Crippen LogP contribution is 2.44. The largest absolute Gasteiger partial charge is 0.487 e. The van der Waals surface area contributed by atoms with E-state index in [9.17, 15) is 13.2 Å². The fourth-order valence-electron chi connectivity index (χ4n) is 5.54. The minimum absolute atomic E-state index is 0.0165. The number of halogens is 3. The van der Waals surface area contributed by atoms with Crippen LogP contribution in [0.5, 0.6) is 5.75 Å². The minimum Gasteiger partial charge on any atom is -0.487 e. The van der Waals surface area contributed by atoms with Crippen LogP contribution in [0.25, 0.3) is 0 Å². The van der Waals surface area contributed by atoms with E-state index >= 15 is 0 Å². The van der Waals surface area contributed by atoms with Crippen LogP contribution in [0.4, 0.5) is 13.2 Å². The molecule has 1 aliphatic heterocycles. The summed E-state index contributed by atoms with van der Waals surface area (Å²) in [5.41, 5.74) is 0.199. The first-order valence-corrected chi connectivity index (χ1v) is 10.4. The van der Waals surface area contributed by atoms with Crippen LogP contribution in [0.15, 0.2) is 12.1 Å². The lowest BCUT2D eigenvalue weighted by Crippen LogP contribution is -2.35. The van der Waals surface area contributed by atoms with Gasteiger partial charge in [0.1, 0.15) is 6.10 Å². The van der Waals surface area contributed by atoms with Crippen LogP contribution < -0.4 is 4.74 Å². The summed E-state index contributed by atoms with van der Waals surface area (Å²) in [6.45, 7) is 0. The Labute approximate surface area is 154 Å². The Balaban J connectivity index is 1.39. The molecule has 0 N–H and O–H groups in total. The molecular formula is C22H29F3O. The molecule has 1 nitrogen and oxygen atoms in total. The van der Waals surface area contributed by atoms with Crippen molar-refractivity contribution in [1.82, 2.24) is 0 Å². The lowest BCUT2D eigenvalue weighted by molar-refractivity contribution is 0.0586. The Morgan fingerprint density at radius 3 is 2.15 bits per heavy atom. The lowest BCUT2D eigenvalue weighted by Gasteiger charge is -2.39. The topological polar surface area (TPSA) is 9.23 Å². The number of alkyl halides is 2. The predicted molar refractivity (Wildman–Crippen MR) is 96.1 cm³/mol. The summed E-state index contributed by atoms with van der Waals surface area (Å²) in [7, 11) is 0. The molecule has 0 bridgehead atoms. The Kier molecular flexibility index (Phi) is 5.47. The van der Waals surface area contributed by atoms with Gasteiger partial charge in [-0.15, -0.1) is 0 Å². The lowest BCUT2D eigenvalue weighted by atomic mass is 9.69. The summed E-state index contributed by atoms with van der Waals surface area (Å²) in [5, 5.41) is 0. The van der Waals surface area contributed by atoms with Gasteiger partial charge in [-0.1, -0.05) is 38.2 Å². The van der Waals surface area contributed by atoms with E-state index in [1.165, 1.54) is 51.0 Å². The zero-order valence-electron chi connectivity index (χ0n) is 15.4. The molecule has 0 amide bonds. The van der Waals surface area contributed by atoms with Gasteiger partial charge in [-0.3, -0.25) is 0 Å². The van der Waals surface area contributed by atoms with Crippen LogP contribution in [0.2, 0.25) is 0 Å². The SMILES string of the molecule is Fc1c(C(F)F)ccc2c1OC(C1CCC(C3CCCCC3)CC1)CC2. The first-order chi connectivity index (χ1) is 12.6. The van der Waals surface area contributed by atoms with Crippen LogP contribution in [0.1, 0.15) is 81.8 Å². The van der Waals surface area contributed by atoms with Crippen molar-refractivity contribution < 1.29 is 17.9 Å². The molecule has 0 aromatic heterocycles.